The lowest BCUT2D eigenvalue weighted by molar-refractivity contribution is -0.137. The molecule has 1 saturated heterocycles. The van der Waals surface area contributed by atoms with Gasteiger partial charge in [-0.05, 0) is 24.3 Å². The number of anilines is 2. The summed E-state index contributed by atoms with van der Waals surface area (Å²) in [5.41, 5.74) is -1.55. The van der Waals surface area contributed by atoms with Crippen LogP contribution in [0.2, 0.25) is 0 Å². The maximum absolute atomic E-state index is 14.0. The van der Waals surface area contributed by atoms with Crippen molar-refractivity contribution in [2.24, 2.45) is 0 Å². The smallest absolute Gasteiger partial charge is 0.268 e. The zero-order valence-corrected chi connectivity index (χ0v) is 21.2. The molecular formula is C22H28F6N4P2. The Morgan fingerprint density at radius 3 is 1.15 bits per heavy atom. The summed E-state index contributed by atoms with van der Waals surface area (Å²) >= 11 is 0. The van der Waals surface area contributed by atoms with Gasteiger partial charge in [-0.15, -0.1) is 0 Å². The predicted octanol–water partition coefficient (Wildman–Crippen LogP) is 8.19. The fraction of sp³-hybridized carbons (Fsp3) is 0.455. The molecule has 0 aromatic heterocycles. The summed E-state index contributed by atoms with van der Waals surface area (Å²) < 4.78 is 91.3. The molecule has 1 heterocycles. The highest BCUT2D eigenvalue weighted by Crippen LogP contribution is 2.81. The highest BCUT2D eigenvalue weighted by molar-refractivity contribution is 7.93. The van der Waals surface area contributed by atoms with Crippen molar-refractivity contribution in [3.05, 3.63) is 59.7 Å². The molecule has 0 atom stereocenters. The summed E-state index contributed by atoms with van der Waals surface area (Å²) in [4.78, 5) is 0. The Kier molecular flexibility index (Phi) is 8.39. The van der Waals surface area contributed by atoms with Crippen molar-refractivity contribution in [1.82, 2.24) is 9.34 Å². The molecule has 0 unspecified atom stereocenters. The second-order valence-corrected chi connectivity index (χ2v) is 11.9. The minimum absolute atomic E-state index is 0.00626. The van der Waals surface area contributed by atoms with Crippen LogP contribution in [0, 0.1) is 0 Å². The van der Waals surface area contributed by atoms with Crippen molar-refractivity contribution in [2.75, 3.05) is 35.1 Å². The number of alkyl halides is 6. The Morgan fingerprint density at radius 1 is 0.588 bits per heavy atom. The molecule has 0 spiro atoms. The molecule has 0 aliphatic carbocycles. The summed E-state index contributed by atoms with van der Waals surface area (Å²) in [7, 11) is -3.33. The molecule has 188 valence electrons. The largest absolute Gasteiger partial charge is 0.418 e. The van der Waals surface area contributed by atoms with Gasteiger partial charge in [0, 0.05) is 26.2 Å². The van der Waals surface area contributed by atoms with Crippen molar-refractivity contribution in [1.29, 1.82) is 0 Å². The molecular weight excluding hydrogens is 496 g/mol. The molecule has 1 aliphatic rings. The molecule has 34 heavy (non-hydrogen) atoms. The van der Waals surface area contributed by atoms with Crippen LogP contribution in [0.5, 0.6) is 0 Å². The quantitative estimate of drug-likeness (QED) is 0.255. The van der Waals surface area contributed by atoms with E-state index in [1.165, 1.54) is 24.3 Å². The number of hydrogen-bond acceptors (Lipinski definition) is 4. The van der Waals surface area contributed by atoms with Gasteiger partial charge in [0.25, 0.3) is 0 Å². The number of nitrogens with zero attached hydrogens (tertiary/aromatic N) is 4. The first-order valence-electron chi connectivity index (χ1n) is 11.0. The first-order valence-corrected chi connectivity index (χ1v) is 13.4. The molecule has 0 N–H and O–H groups in total. The van der Waals surface area contributed by atoms with E-state index in [0.717, 1.165) is 12.1 Å². The molecule has 0 radical (unpaired) electrons. The Hall–Kier alpha value is -1.60. The van der Waals surface area contributed by atoms with Gasteiger partial charge < -0.3 is 0 Å². The van der Waals surface area contributed by atoms with E-state index >= 15 is 0 Å². The second kappa shape index (κ2) is 10.6. The molecule has 2 aromatic rings. The lowest BCUT2D eigenvalue weighted by Gasteiger charge is -2.62. The van der Waals surface area contributed by atoms with E-state index in [1.807, 2.05) is 37.0 Å². The zero-order valence-electron chi connectivity index (χ0n) is 19.4. The van der Waals surface area contributed by atoms with Gasteiger partial charge in [-0.2, -0.15) is 26.3 Å². The molecule has 2 aromatic carbocycles. The van der Waals surface area contributed by atoms with Crippen LogP contribution < -0.4 is 8.88 Å². The molecule has 1 fully saturated rings. The monoisotopic (exact) mass is 524 g/mol. The third-order valence-electron chi connectivity index (χ3n) is 5.49. The maximum Gasteiger partial charge on any atom is 0.418 e. The fourth-order valence-corrected chi connectivity index (χ4v) is 10.6. The van der Waals surface area contributed by atoms with Gasteiger partial charge in [0.2, 0.25) is 0 Å². The topological polar surface area (TPSA) is 13.0 Å². The predicted molar refractivity (Wildman–Crippen MR) is 128 cm³/mol. The van der Waals surface area contributed by atoms with Crippen LogP contribution in [-0.4, -0.2) is 35.5 Å². The van der Waals surface area contributed by atoms with Crippen LogP contribution in [0.1, 0.15) is 38.8 Å². The highest BCUT2D eigenvalue weighted by Gasteiger charge is 2.56. The molecule has 3 rings (SSSR count). The summed E-state index contributed by atoms with van der Waals surface area (Å²) in [5.74, 6) is 0. The summed E-state index contributed by atoms with van der Waals surface area (Å²) in [6, 6.07) is 10.7. The maximum atomic E-state index is 14.0. The Morgan fingerprint density at radius 2 is 0.882 bits per heavy atom. The van der Waals surface area contributed by atoms with Crippen molar-refractivity contribution >= 4 is 28.1 Å². The van der Waals surface area contributed by atoms with Gasteiger partial charge >= 0.3 is 12.4 Å². The van der Waals surface area contributed by atoms with Crippen molar-refractivity contribution in [2.45, 2.75) is 40.0 Å². The molecule has 0 bridgehead atoms. The normalized spacial score (nSPS) is 19.2. The first kappa shape index (κ1) is 27.0. The van der Waals surface area contributed by atoms with E-state index in [0.29, 0.717) is 26.2 Å². The van der Waals surface area contributed by atoms with Crippen LogP contribution >= 0.6 is 16.7 Å². The summed E-state index contributed by atoms with van der Waals surface area (Å²) in [6.45, 7) is 9.41. The Bertz CT molecular complexity index is 877. The standard InChI is InChI=1S/C22H28F6N4P2/c1-5-29(6-2)33-31(19-15-11-9-13-17(19)21(23,24)25)34(30(7-3)8-4)32(33)20-16-12-10-14-18(20)22(26,27)28/h9-16H,5-8H2,1-4H3. The zero-order chi connectivity index (χ0) is 25.3. The van der Waals surface area contributed by atoms with E-state index in [-0.39, 0.29) is 11.4 Å². The fourth-order valence-electron chi connectivity index (χ4n) is 3.87. The molecule has 4 nitrogen and oxygen atoms in total. The van der Waals surface area contributed by atoms with Crippen molar-refractivity contribution in [3.63, 3.8) is 0 Å². The van der Waals surface area contributed by atoms with E-state index in [2.05, 4.69) is 0 Å². The number of benzene rings is 2. The van der Waals surface area contributed by atoms with Gasteiger partial charge in [-0.3, -0.25) is 8.88 Å². The minimum Gasteiger partial charge on any atom is -0.268 e. The molecule has 0 amide bonds. The average Bonchev–Trinajstić information content (AvgIpc) is 2.78. The Balaban J connectivity index is 2.27. The van der Waals surface area contributed by atoms with Gasteiger partial charge in [-0.1, -0.05) is 52.0 Å². The van der Waals surface area contributed by atoms with Crippen LogP contribution in [-0.2, 0) is 12.4 Å². The number of hydrogen-bond donors (Lipinski definition) is 0. The van der Waals surface area contributed by atoms with E-state index in [1.54, 1.807) is 21.0 Å². The molecule has 12 heteroatoms. The highest BCUT2D eigenvalue weighted by atomic mass is 31.3. The van der Waals surface area contributed by atoms with E-state index in [9.17, 15) is 26.3 Å². The van der Waals surface area contributed by atoms with Crippen molar-refractivity contribution in [3.8, 4) is 0 Å². The number of rotatable bonds is 8. The molecule has 0 saturated carbocycles. The third-order valence-corrected chi connectivity index (χ3v) is 11.8. The van der Waals surface area contributed by atoms with Gasteiger partial charge in [0.05, 0.1) is 22.5 Å². The van der Waals surface area contributed by atoms with Crippen LogP contribution in [0.4, 0.5) is 37.7 Å². The first-order chi connectivity index (χ1) is 16.0. The summed E-state index contributed by atoms with van der Waals surface area (Å²) in [5, 5.41) is 0. The SMILES string of the molecule is CCN(CC)P1N(c2ccccc2C(F)(F)F)P(N(CC)CC)N1c1ccccc1C(F)(F)F. The second-order valence-electron chi connectivity index (χ2n) is 7.42. The molecule has 1 aliphatic heterocycles. The summed E-state index contributed by atoms with van der Waals surface area (Å²) in [6.07, 6.45) is -9.18. The third kappa shape index (κ3) is 5.01. The van der Waals surface area contributed by atoms with Crippen molar-refractivity contribution < 1.29 is 26.3 Å². The van der Waals surface area contributed by atoms with Gasteiger partial charge in [0.15, 0.2) is 16.7 Å². The number of halogens is 6. The van der Waals surface area contributed by atoms with E-state index < -0.39 is 40.2 Å². The Labute approximate surface area is 199 Å². The van der Waals surface area contributed by atoms with E-state index in [4.69, 9.17) is 0 Å². The van der Waals surface area contributed by atoms with Crippen LogP contribution in [0.15, 0.2) is 48.5 Å². The van der Waals surface area contributed by atoms with Gasteiger partial charge in [0.1, 0.15) is 0 Å². The van der Waals surface area contributed by atoms with Crippen LogP contribution in [0.3, 0.4) is 0 Å². The van der Waals surface area contributed by atoms with Gasteiger partial charge in [-0.25, -0.2) is 9.34 Å². The number of para-hydroxylation sites is 2. The average molecular weight is 524 g/mol. The minimum atomic E-state index is -4.59. The lowest BCUT2D eigenvalue weighted by atomic mass is 10.2. The van der Waals surface area contributed by atoms with Crippen LogP contribution in [0.25, 0.3) is 0 Å². The lowest BCUT2D eigenvalue weighted by Crippen LogP contribution is -2.50.